The summed E-state index contributed by atoms with van der Waals surface area (Å²) < 4.78 is 4.41. The zero-order valence-electron chi connectivity index (χ0n) is 9.28. The molecule has 0 radical (unpaired) electrons. The number of hydrogen-bond acceptors (Lipinski definition) is 6. The van der Waals surface area contributed by atoms with Crippen LogP contribution in [0.25, 0.3) is 0 Å². The van der Waals surface area contributed by atoms with E-state index in [1.54, 1.807) is 0 Å². The average Bonchev–Trinajstić information content (AvgIpc) is 2.35. The number of hydrogen-bond donors (Lipinski definition) is 1. The van der Waals surface area contributed by atoms with Gasteiger partial charge >= 0.3 is 11.9 Å². The molecule has 1 aromatic rings. The number of nitro benzene ring substituents is 1. The first kappa shape index (κ1) is 14.0. The van der Waals surface area contributed by atoms with Crippen molar-refractivity contribution in [3.63, 3.8) is 0 Å². The Morgan fingerprint density at radius 3 is 2.67 bits per heavy atom. The summed E-state index contributed by atoms with van der Waals surface area (Å²) in [7, 11) is 1.21. The highest BCUT2D eigenvalue weighted by Gasteiger charge is 2.18. The number of ether oxygens (including phenoxy) is 1. The lowest BCUT2D eigenvalue weighted by Crippen LogP contribution is -2.04. The van der Waals surface area contributed by atoms with Gasteiger partial charge in [-0.25, -0.2) is 4.79 Å². The minimum absolute atomic E-state index is 0.0796. The number of rotatable bonds is 5. The number of carboxylic acid groups (broad SMARTS) is 1. The van der Waals surface area contributed by atoms with Crippen molar-refractivity contribution in [2.75, 3.05) is 12.9 Å². The molecule has 0 saturated heterocycles. The number of carbonyl (C=O) groups is 2. The highest BCUT2D eigenvalue weighted by atomic mass is 32.2. The van der Waals surface area contributed by atoms with Crippen molar-refractivity contribution in [2.24, 2.45) is 0 Å². The number of esters is 1. The third-order valence-electron chi connectivity index (χ3n) is 1.98. The van der Waals surface area contributed by atoms with Crippen LogP contribution in [0.1, 0.15) is 10.4 Å². The van der Waals surface area contributed by atoms with E-state index in [0.717, 1.165) is 17.8 Å². The van der Waals surface area contributed by atoms with Gasteiger partial charge in [0, 0.05) is 6.07 Å². The Bertz CT molecular complexity index is 501. The van der Waals surface area contributed by atoms with Crippen LogP contribution in [-0.4, -0.2) is 34.8 Å². The van der Waals surface area contributed by atoms with Crippen molar-refractivity contribution in [3.8, 4) is 0 Å². The van der Waals surface area contributed by atoms with Gasteiger partial charge in [-0.05, 0) is 12.1 Å². The van der Waals surface area contributed by atoms with E-state index >= 15 is 0 Å². The highest BCUT2D eigenvalue weighted by Crippen LogP contribution is 2.30. The van der Waals surface area contributed by atoms with Crippen LogP contribution in [0, 0.1) is 10.1 Å². The molecule has 0 heterocycles. The molecule has 8 heteroatoms. The van der Waals surface area contributed by atoms with E-state index in [0.29, 0.717) is 0 Å². The van der Waals surface area contributed by atoms with E-state index in [1.165, 1.54) is 19.2 Å². The van der Waals surface area contributed by atoms with E-state index in [4.69, 9.17) is 5.11 Å². The maximum Gasteiger partial charge on any atom is 0.335 e. The van der Waals surface area contributed by atoms with Gasteiger partial charge in [-0.1, -0.05) is 0 Å². The minimum Gasteiger partial charge on any atom is -0.478 e. The zero-order valence-corrected chi connectivity index (χ0v) is 10.1. The van der Waals surface area contributed by atoms with E-state index in [2.05, 4.69) is 4.74 Å². The summed E-state index contributed by atoms with van der Waals surface area (Å²) in [5.74, 6) is -1.84. The molecule has 0 fully saturated rings. The normalized spacial score (nSPS) is 9.83. The maximum absolute atomic E-state index is 10.9. The number of nitrogens with zero attached hydrogens (tertiary/aromatic N) is 1. The lowest BCUT2D eigenvalue weighted by atomic mass is 10.2. The van der Waals surface area contributed by atoms with Gasteiger partial charge < -0.3 is 9.84 Å². The summed E-state index contributed by atoms with van der Waals surface area (Å²) in [5, 5.41) is 19.5. The predicted octanol–water partition coefficient (Wildman–Crippen LogP) is 1.56. The molecule has 0 unspecified atom stereocenters. The van der Waals surface area contributed by atoms with Crippen LogP contribution < -0.4 is 0 Å². The molecule has 0 aliphatic heterocycles. The Morgan fingerprint density at radius 1 is 1.50 bits per heavy atom. The van der Waals surface area contributed by atoms with Gasteiger partial charge in [-0.2, -0.15) is 0 Å². The maximum atomic E-state index is 10.9. The largest absolute Gasteiger partial charge is 0.478 e. The first-order valence-corrected chi connectivity index (χ1v) is 5.65. The summed E-state index contributed by atoms with van der Waals surface area (Å²) in [6.45, 7) is 0. The van der Waals surface area contributed by atoms with Crippen LogP contribution in [0.5, 0.6) is 0 Å². The Hall–Kier alpha value is -2.09. The van der Waals surface area contributed by atoms with Crippen molar-refractivity contribution in [2.45, 2.75) is 4.90 Å². The van der Waals surface area contributed by atoms with Gasteiger partial charge in [0.15, 0.2) is 0 Å². The first-order valence-electron chi connectivity index (χ1n) is 4.67. The van der Waals surface area contributed by atoms with Crippen LogP contribution in [0.2, 0.25) is 0 Å². The second kappa shape index (κ2) is 6.01. The molecule has 0 saturated carbocycles. The topological polar surface area (TPSA) is 107 Å². The molecule has 0 aromatic heterocycles. The molecule has 1 N–H and O–H groups in total. The number of thioether (sulfide) groups is 1. The van der Waals surface area contributed by atoms with Gasteiger partial charge in [-0.3, -0.25) is 14.9 Å². The van der Waals surface area contributed by atoms with Crippen LogP contribution in [0.4, 0.5) is 5.69 Å². The van der Waals surface area contributed by atoms with E-state index in [9.17, 15) is 19.7 Å². The number of carboxylic acids is 1. The van der Waals surface area contributed by atoms with Gasteiger partial charge in [-0.15, -0.1) is 11.8 Å². The molecule has 0 spiro atoms. The van der Waals surface area contributed by atoms with Crippen LogP contribution in [0.3, 0.4) is 0 Å². The molecular formula is C10H9NO6S. The molecule has 0 bridgehead atoms. The van der Waals surface area contributed by atoms with Crippen molar-refractivity contribution in [1.29, 1.82) is 0 Å². The third kappa shape index (κ3) is 3.45. The number of methoxy groups -OCH3 is 1. The predicted molar refractivity (Wildman–Crippen MR) is 62.8 cm³/mol. The standard InChI is InChI=1S/C10H9NO6S/c1-17-9(12)5-18-8-3-2-6(10(13)14)4-7(8)11(15)16/h2-4H,5H2,1H3,(H,13,14). The Morgan fingerprint density at radius 2 is 2.17 bits per heavy atom. The quantitative estimate of drug-likeness (QED) is 0.374. The first-order chi connectivity index (χ1) is 8.45. The van der Waals surface area contributed by atoms with Crippen molar-refractivity contribution >= 4 is 29.4 Å². The number of nitro groups is 1. The molecule has 0 atom stereocenters. The lowest BCUT2D eigenvalue weighted by molar-refractivity contribution is -0.387. The minimum atomic E-state index is -1.25. The SMILES string of the molecule is COC(=O)CSc1ccc(C(=O)O)cc1[N+](=O)[O-]. The Kier molecular flexibility index (Phi) is 4.67. The average molecular weight is 271 g/mol. The van der Waals surface area contributed by atoms with E-state index < -0.39 is 16.9 Å². The van der Waals surface area contributed by atoms with Crippen LogP contribution >= 0.6 is 11.8 Å². The fourth-order valence-electron chi connectivity index (χ4n) is 1.11. The lowest BCUT2D eigenvalue weighted by Gasteiger charge is -2.03. The monoisotopic (exact) mass is 271 g/mol. The van der Waals surface area contributed by atoms with Crippen LogP contribution in [-0.2, 0) is 9.53 Å². The van der Waals surface area contributed by atoms with Crippen molar-refractivity contribution in [1.82, 2.24) is 0 Å². The van der Waals surface area contributed by atoms with Gasteiger partial charge in [0.1, 0.15) is 0 Å². The fraction of sp³-hybridized carbons (Fsp3) is 0.200. The summed E-state index contributed by atoms with van der Waals surface area (Å²) in [4.78, 5) is 32.0. The Balaban J connectivity index is 3.00. The second-order valence-electron chi connectivity index (χ2n) is 3.11. The fourth-order valence-corrected chi connectivity index (χ4v) is 1.95. The summed E-state index contributed by atoms with van der Waals surface area (Å²) >= 11 is 0.919. The van der Waals surface area contributed by atoms with Gasteiger partial charge in [0.2, 0.25) is 0 Å². The van der Waals surface area contributed by atoms with Gasteiger partial charge in [0.25, 0.3) is 5.69 Å². The summed E-state index contributed by atoms with van der Waals surface area (Å²) in [6, 6.07) is 3.51. The number of benzene rings is 1. The highest BCUT2D eigenvalue weighted by molar-refractivity contribution is 8.00. The molecule has 18 heavy (non-hydrogen) atoms. The number of carbonyl (C=O) groups excluding carboxylic acids is 1. The van der Waals surface area contributed by atoms with Crippen molar-refractivity contribution in [3.05, 3.63) is 33.9 Å². The van der Waals surface area contributed by atoms with E-state index in [-0.39, 0.29) is 21.9 Å². The summed E-state index contributed by atoms with van der Waals surface area (Å²) in [5.41, 5.74) is -0.520. The van der Waals surface area contributed by atoms with Gasteiger partial charge in [0.05, 0.1) is 28.2 Å². The van der Waals surface area contributed by atoms with Crippen LogP contribution in [0.15, 0.2) is 23.1 Å². The Labute approximate surface area is 106 Å². The molecule has 1 aromatic carbocycles. The molecule has 0 amide bonds. The molecule has 7 nitrogen and oxygen atoms in total. The smallest absolute Gasteiger partial charge is 0.335 e. The second-order valence-corrected chi connectivity index (χ2v) is 4.13. The zero-order chi connectivity index (χ0) is 13.7. The molecule has 96 valence electrons. The molecule has 0 aliphatic carbocycles. The molecule has 1 rings (SSSR count). The summed E-state index contributed by atoms with van der Waals surface area (Å²) in [6.07, 6.45) is 0. The number of aromatic carboxylic acids is 1. The third-order valence-corrected chi connectivity index (χ3v) is 3.01. The van der Waals surface area contributed by atoms with E-state index in [1.807, 2.05) is 0 Å². The van der Waals surface area contributed by atoms with Crippen molar-refractivity contribution < 1.29 is 24.4 Å². The molecular weight excluding hydrogens is 262 g/mol. The molecule has 0 aliphatic rings.